The number of fused-ring (bicyclic) bond motifs is 2. The minimum Gasteiger partial charge on any atom is -0.356 e. The molecule has 0 spiro atoms. The van der Waals surface area contributed by atoms with Gasteiger partial charge in [-0.25, -0.2) is 4.98 Å². The maximum absolute atomic E-state index is 14.6. The molecule has 1 amide bonds. The van der Waals surface area contributed by atoms with E-state index in [9.17, 15) is 13.6 Å². The van der Waals surface area contributed by atoms with Gasteiger partial charge in [-0.1, -0.05) is 0 Å². The molecule has 4 heterocycles. The van der Waals surface area contributed by atoms with Crippen molar-refractivity contribution in [3.8, 4) is 0 Å². The number of anilines is 2. The van der Waals surface area contributed by atoms with Crippen LogP contribution in [0.4, 0.5) is 20.5 Å². The van der Waals surface area contributed by atoms with Crippen molar-refractivity contribution in [2.75, 3.05) is 55.6 Å². The van der Waals surface area contributed by atoms with Crippen LogP contribution in [0.2, 0.25) is 0 Å². The number of alkyl halides is 2. The lowest BCUT2D eigenvalue weighted by Crippen LogP contribution is -2.47. The highest BCUT2D eigenvalue weighted by molar-refractivity contribution is 5.77. The summed E-state index contributed by atoms with van der Waals surface area (Å²) < 4.78 is 29.1. The lowest BCUT2D eigenvalue weighted by atomic mass is 10.1. The van der Waals surface area contributed by atoms with Crippen molar-refractivity contribution in [3.05, 3.63) is 11.3 Å². The van der Waals surface area contributed by atoms with Crippen LogP contribution in [0.15, 0.2) is 0 Å². The van der Waals surface area contributed by atoms with Crippen LogP contribution in [-0.2, 0) is 17.1 Å². The normalized spacial score (nSPS) is 33.2. The highest BCUT2D eigenvalue weighted by Crippen LogP contribution is 2.55. The fourth-order valence-electron chi connectivity index (χ4n) is 5.97. The van der Waals surface area contributed by atoms with Crippen LogP contribution in [-0.4, -0.2) is 72.6 Å². The van der Waals surface area contributed by atoms with E-state index in [2.05, 4.69) is 22.1 Å². The predicted octanol–water partition coefficient (Wildman–Crippen LogP) is 1.62. The lowest BCUT2D eigenvalue weighted by molar-refractivity contribution is -0.132. The SMILES string of the molecule is C[C@H]1CCN1c1nc(N2C[C@@H]3[C@@H](CC(=O)N4CCNCC4)[C@@H]3C2)c2c(n1)C(F)(F)CC2. The van der Waals surface area contributed by atoms with Gasteiger partial charge in [0.05, 0.1) is 0 Å². The Morgan fingerprint density at radius 3 is 2.55 bits per heavy atom. The van der Waals surface area contributed by atoms with Gasteiger partial charge in [0.25, 0.3) is 5.92 Å². The van der Waals surface area contributed by atoms with E-state index in [0.29, 0.717) is 48.1 Å². The average Bonchev–Trinajstić information content (AvgIpc) is 3.08. The van der Waals surface area contributed by atoms with Crippen LogP contribution in [0, 0.1) is 17.8 Å². The number of hydrogen-bond acceptors (Lipinski definition) is 6. The first-order chi connectivity index (χ1) is 14.9. The monoisotopic (exact) mass is 432 g/mol. The Bertz CT molecular complexity index is 892. The standard InChI is InChI=1S/C22H30F2N6O/c1-13-3-7-30(13)21-26-19-14(2-4-22(19,23)24)20(27-21)29-11-16-15(17(16)12-29)10-18(31)28-8-5-25-6-9-28/h13,15-17,25H,2-12H2,1H3/t13-,15-,16-,17+/m0/s1. The van der Waals surface area contributed by atoms with E-state index in [-0.39, 0.29) is 18.0 Å². The Balaban J connectivity index is 1.18. The van der Waals surface area contributed by atoms with Crippen molar-refractivity contribution < 1.29 is 13.6 Å². The molecule has 0 unspecified atom stereocenters. The van der Waals surface area contributed by atoms with Gasteiger partial charge in [0.2, 0.25) is 11.9 Å². The molecular weight excluding hydrogens is 402 g/mol. The molecule has 3 saturated heterocycles. The van der Waals surface area contributed by atoms with E-state index < -0.39 is 5.92 Å². The minimum atomic E-state index is -2.86. The molecular formula is C22H30F2N6O. The second-order valence-electron chi connectivity index (χ2n) is 9.94. The lowest BCUT2D eigenvalue weighted by Gasteiger charge is -2.39. The number of halogens is 2. The third-order valence-corrected chi connectivity index (χ3v) is 8.14. The summed E-state index contributed by atoms with van der Waals surface area (Å²) in [5.41, 5.74) is 0.578. The maximum Gasteiger partial charge on any atom is 0.290 e. The van der Waals surface area contributed by atoms with E-state index >= 15 is 0 Å². The maximum atomic E-state index is 14.6. The van der Waals surface area contributed by atoms with Crippen molar-refractivity contribution in [1.82, 2.24) is 20.2 Å². The molecule has 1 saturated carbocycles. The van der Waals surface area contributed by atoms with Gasteiger partial charge in [-0.05, 0) is 37.5 Å². The van der Waals surface area contributed by atoms with Gasteiger partial charge in [-0.2, -0.15) is 13.8 Å². The Kier molecular flexibility index (Phi) is 4.43. The number of piperazine rings is 1. The minimum absolute atomic E-state index is 0.0578. The summed E-state index contributed by atoms with van der Waals surface area (Å²) in [6.07, 6.45) is 1.83. The highest BCUT2D eigenvalue weighted by Gasteiger charge is 2.57. The first-order valence-corrected chi connectivity index (χ1v) is 11.7. The zero-order chi connectivity index (χ0) is 21.3. The fraction of sp³-hybridized carbons (Fsp3) is 0.773. The van der Waals surface area contributed by atoms with Gasteiger partial charge in [0.15, 0.2) is 0 Å². The first kappa shape index (κ1) is 19.6. The van der Waals surface area contributed by atoms with Crippen molar-refractivity contribution in [3.63, 3.8) is 0 Å². The molecule has 0 radical (unpaired) electrons. The van der Waals surface area contributed by atoms with Crippen molar-refractivity contribution in [2.24, 2.45) is 17.8 Å². The summed E-state index contributed by atoms with van der Waals surface area (Å²) in [5, 5.41) is 3.28. The molecule has 7 nitrogen and oxygen atoms in total. The molecule has 2 aliphatic carbocycles. The third-order valence-electron chi connectivity index (χ3n) is 8.14. The molecule has 4 fully saturated rings. The number of amides is 1. The van der Waals surface area contributed by atoms with Gasteiger partial charge in [0.1, 0.15) is 11.5 Å². The number of nitrogens with one attached hydrogen (secondary N) is 1. The average molecular weight is 433 g/mol. The number of piperidine rings is 1. The number of hydrogen-bond donors (Lipinski definition) is 1. The van der Waals surface area contributed by atoms with Crippen LogP contribution in [0.25, 0.3) is 0 Å². The zero-order valence-electron chi connectivity index (χ0n) is 18.0. The van der Waals surface area contributed by atoms with E-state index in [0.717, 1.165) is 58.1 Å². The molecule has 0 aromatic carbocycles. The molecule has 1 aromatic heterocycles. The fourth-order valence-corrected chi connectivity index (χ4v) is 5.97. The molecule has 9 heteroatoms. The van der Waals surface area contributed by atoms with Crippen molar-refractivity contribution in [1.29, 1.82) is 0 Å². The largest absolute Gasteiger partial charge is 0.356 e. The van der Waals surface area contributed by atoms with Crippen LogP contribution in [0.5, 0.6) is 0 Å². The van der Waals surface area contributed by atoms with E-state index in [1.54, 1.807) is 0 Å². The molecule has 0 bridgehead atoms. The van der Waals surface area contributed by atoms with E-state index in [1.807, 2.05) is 9.80 Å². The molecule has 4 atom stereocenters. The molecule has 1 N–H and O–H groups in total. The Hall–Kier alpha value is -2.03. The Morgan fingerprint density at radius 2 is 1.90 bits per heavy atom. The summed E-state index contributed by atoms with van der Waals surface area (Å²) in [6, 6.07) is 0.299. The molecule has 3 aliphatic heterocycles. The quantitative estimate of drug-likeness (QED) is 0.780. The predicted molar refractivity (Wildman–Crippen MR) is 112 cm³/mol. The summed E-state index contributed by atoms with van der Waals surface area (Å²) in [4.78, 5) is 28.0. The first-order valence-electron chi connectivity index (χ1n) is 11.7. The van der Waals surface area contributed by atoms with E-state index in [4.69, 9.17) is 4.98 Å². The second-order valence-corrected chi connectivity index (χ2v) is 9.94. The molecule has 5 aliphatic rings. The van der Waals surface area contributed by atoms with Crippen LogP contribution < -0.4 is 15.1 Å². The number of rotatable bonds is 4. The summed E-state index contributed by atoms with van der Waals surface area (Å²) >= 11 is 0. The molecule has 168 valence electrons. The number of carbonyl (C=O) groups excluding carboxylic acids is 1. The van der Waals surface area contributed by atoms with Crippen LogP contribution in [0.3, 0.4) is 0 Å². The Morgan fingerprint density at radius 1 is 1.16 bits per heavy atom. The van der Waals surface area contributed by atoms with Gasteiger partial charge < -0.3 is 20.0 Å². The van der Waals surface area contributed by atoms with Crippen LogP contribution in [0.1, 0.15) is 37.4 Å². The third kappa shape index (κ3) is 3.18. The van der Waals surface area contributed by atoms with E-state index in [1.165, 1.54) is 0 Å². The van der Waals surface area contributed by atoms with Crippen molar-refractivity contribution in [2.45, 2.75) is 44.6 Å². The van der Waals surface area contributed by atoms with Gasteiger partial charge in [-0.3, -0.25) is 4.79 Å². The zero-order valence-corrected chi connectivity index (χ0v) is 18.0. The smallest absolute Gasteiger partial charge is 0.290 e. The van der Waals surface area contributed by atoms with Gasteiger partial charge in [-0.15, -0.1) is 0 Å². The summed E-state index contributed by atoms with van der Waals surface area (Å²) in [6.45, 7) is 7.88. The van der Waals surface area contributed by atoms with Gasteiger partial charge >= 0.3 is 0 Å². The molecule has 6 rings (SSSR count). The van der Waals surface area contributed by atoms with Crippen LogP contribution >= 0.6 is 0 Å². The van der Waals surface area contributed by atoms with Gasteiger partial charge in [0, 0.05) is 70.3 Å². The molecule has 31 heavy (non-hydrogen) atoms. The summed E-state index contributed by atoms with van der Waals surface area (Å²) in [5.74, 6) is -0.0299. The van der Waals surface area contributed by atoms with Crippen molar-refractivity contribution >= 4 is 17.7 Å². The number of aromatic nitrogens is 2. The number of nitrogens with zero attached hydrogens (tertiary/aromatic N) is 5. The second kappa shape index (κ2) is 6.98. The summed E-state index contributed by atoms with van der Waals surface area (Å²) in [7, 11) is 0. The topological polar surface area (TPSA) is 64.6 Å². The Labute approximate surface area is 181 Å². The molecule has 1 aromatic rings. The highest BCUT2D eigenvalue weighted by atomic mass is 19.3. The number of carbonyl (C=O) groups is 1.